The van der Waals surface area contributed by atoms with Crippen LogP contribution in [0.3, 0.4) is 0 Å². The van der Waals surface area contributed by atoms with Gasteiger partial charge in [-0.1, -0.05) is 18.2 Å². The Bertz CT molecular complexity index is 704. The number of aromatic nitrogens is 2. The molecule has 136 valence electrons. The van der Waals surface area contributed by atoms with Gasteiger partial charge in [0.1, 0.15) is 5.75 Å². The summed E-state index contributed by atoms with van der Waals surface area (Å²) in [6.07, 6.45) is 3.84. The highest BCUT2D eigenvalue weighted by Gasteiger charge is 2.34. The summed E-state index contributed by atoms with van der Waals surface area (Å²) in [5, 5.41) is 10.6. The number of halogens is 1. The van der Waals surface area contributed by atoms with Crippen LogP contribution in [0.5, 0.6) is 5.75 Å². The van der Waals surface area contributed by atoms with Crippen molar-refractivity contribution in [1.29, 1.82) is 0 Å². The average molecular weight is 365 g/mol. The predicted molar refractivity (Wildman–Crippen MR) is 99.0 cm³/mol. The van der Waals surface area contributed by atoms with Gasteiger partial charge in [0.15, 0.2) is 0 Å². The van der Waals surface area contributed by atoms with E-state index in [4.69, 9.17) is 4.74 Å². The van der Waals surface area contributed by atoms with E-state index in [0.717, 1.165) is 23.4 Å². The lowest BCUT2D eigenvalue weighted by molar-refractivity contribution is -0.125. The maximum atomic E-state index is 12.7. The molecule has 1 aromatic carbocycles. The zero-order chi connectivity index (χ0) is 16.9. The topological polar surface area (TPSA) is 68.2 Å². The van der Waals surface area contributed by atoms with Crippen LogP contribution in [0.4, 0.5) is 0 Å². The third kappa shape index (κ3) is 4.52. The number of para-hydroxylation sites is 1. The molecule has 2 heterocycles. The number of ether oxygens (including phenoxy) is 1. The van der Waals surface area contributed by atoms with E-state index in [1.165, 1.54) is 0 Å². The molecule has 6 nitrogen and oxygen atoms in total. The van der Waals surface area contributed by atoms with E-state index >= 15 is 0 Å². The van der Waals surface area contributed by atoms with E-state index in [9.17, 15) is 4.79 Å². The van der Waals surface area contributed by atoms with Gasteiger partial charge in [0, 0.05) is 44.4 Å². The molecule has 1 aromatic heterocycles. The Morgan fingerprint density at radius 2 is 2.20 bits per heavy atom. The molecule has 3 rings (SSSR count). The lowest BCUT2D eigenvalue weighted by Crippen LogP contribution is -2.34. The molecule has 0 bridgehead atoms. The fraction of sp³-hybridized carbons (Fsp3) is 0.444. The fourth-order valence-corrected chi connectivity index (χ4v) is 3.20. The van der Waals surface area contributed by atoms with Gasteiger partial charge in [-0.2, -0.15) is 5.10 Å². The van der Waals surface area contributed by atoms with Crippen LogP contribution in [-0.4, -0.2) is 35.4 Å². The molecule has 0 aliphatic carbocycles. The second-order valence-corrected chi connectivity index (χ2v) is 6.08. The first-order chi connectivity index (χ1) is 11.7. The summed E-state index contributed by atoms with van der Waals surface area (Å²) < 4.78 is 7.39. The number of rotatable bonds is 6. The molecule has 7 heteroatoms. The van der Waals surface area contributed by atoms with Crippen LogP contribution in [0.1, 0.15) is 24.0 Å². The number of carbonyl (C=O) groups excluding carboxylic acids is 1. The molecule has 25 heavy (non-hydrogen) atoms. The molecule has 0 saturated carbocycles. The number of nitrogens with one attached hydrogen (secondary N) is 2. The predicted octanol–water partition coefficient (Wildman–Crippen LogP) is 1.86. The summed E-state index contributed by atoms with van der Waals surface area (Å²) in [4.78, 5) is 12.7. The highest BCUT2D eigenvalue weighted by Crippen LogP contribution is 2.28. The molecule has 1 aliphatic rings. The van der Waals surface area contributed by atoms with E-state index in [1.807, 2.05) is 50.6 Å². The lowest BCUT2D eigenvalue weighted by atomic mass is 9.90. The summed E-state index contributed by atoms with van der Waals surface area (Å²) in [5.41, 5.74) is 2.11. The molecule has 0 radical (unpaired) electrons. The van der Waals surface area contributed by atoms with Crippen molar-refractivity contribution < 1.29 is 9.53 Å². The fourth-order valence-electron chi connectivity index (χ4n) is 3.20. The van der Waals surface area contributed by atoms with Crippen LogP contribution in [0.25, 0.3) is 0 Å². The number of amides is 1. The molecule has 2 atom stereocenters. The Balaban J connectivity index is 0.00000225. The van der Waals surface area contributed by atoms with E-state index in [0.29, 0.717) is 19.7 Å². The maximum Gasteiger partial charge on any atom is 0.225 e. The highest BCUT2D eigenvalue weighted by atomic mass is 35.5. The van der Waals surface area contributed by atoms with Crippen molar-refractivity contribution >= 4 is 18.3 Å². The number of aryl methyl sites for hydroxylation is 1. The normalized spacial score (nSPS) is 19.3. The van der Waals surface area contributed by atoms with Gasteiger partial charge in [-0.05, 0) is 18.6 Å². The first-order valence-corrected chi connectivity index (χ1v) is 8.36. The number of hydrogen-bond donors (Lipinski definition) is 2. The van der Waals surface area contributed by atoms with Crippen molar-refractivity contribution in [3.05, 3.63) is 47.8 Å². The standard InChI is InChI=1S/C18H24N4O2.ClH/c1-3-24-17-7-5-4-6-13(17)8-20-18(23)16-11-19-10-15(16)14-9-21-22(2)12-14;/h4-7,9,12,15-16,19H,3,8,10-11H2,1-2H3,(H,20,23);1H/t15-,16+;/m1./s1. The molecule has 1 aliphatic heterocycles. The van der Waals surface area contributed by atoms with Gasteiger partial charge in [-0.15, -0.1) is 12.4 Å². The van der Waals surface area contributed by atoms with Gasteiger partial charge < -0.3 is 15.4 Å². The minimum Gasteiger partial charge on any atom is -0.494 e. The smallest absolute Gasteiger partial charge is 0.225 e. The molecular formula is C18H25ClN4O2. The number of benzene rings is 1. The Kier molecular flexibility index (Phi) is 6.84. The van der Waals surface area contributed by atoms with Gasteiger partial charge in [0.05, 0.1) is 18.7 Å². The van der Waals surface area contributed by atoms with Crippen molar-refractivity contribution in [3.63, 3.8) is 0 Å². The van der Waals surface area contributed by atoms with Crippen molar-refractivity contribution in [1.82, 2.24) is 20.4 Å². The summed E-state index contributed by atoms with van der Waals surface area (Å²) in [5.74, 6) is 0.989. The Labute approximate surface area is 154 Å². The Morgan fingerprint density at radius 3 is 2.92 bits per heavy atom. The van der Waals surface area contributed by atoms with Crippen molar-refractivity contribution in [2.45, 2.75) is 19.4 Å². The molecule has 1 amide bonds. The minimum atomic E-state index is -0.0755. The van der Waals surface area contributed by atoms with Crippen molar-refractivity contribution in [2.24, 2.45) is 13.0 Å². The minimum absolute atomic E-state index is 0. The van der Waals surface area contributed by atoms with E-state index in [2.05, 4.69) is 15.7 Å². The van der Waals surface area contributed by atoms with Crippen LogP contribution in [0.2, 0.25) is 0 Å². The lowest BCUT2D eigenvalue weighted by Gasteiger charge is -2.18. The number of nitrogens with zero attached hydrogens (tertiary/aromatic N) is 2. The Hall–Kier alpha value is -2.05. The van der Waals surface area contributed by atoms with E-state index in [1.54, 1.807) is 4.68 Å². The number of hydrogen-bond acceptors (Lipinski definition) is 4. The van der Waals surface area contributed by atoms with Crippen molar-refractivity contribution in [3.8, 4) is 5.75 Å². The van der Waals surface area contributed by atoms with E-state index < -0.39 is 0 Å². The number of carbonyl (C=O) groups is 1. The zero-order valence-corrected chi connectivity index (χ0v) is 15.4. The van der Waals surface area contributed by atoms with Crippen LogP contribution < -0.4 is 15.4 Å². The van der Waals surface area contributed by atoms with Gasteiger partial charge in [0.25, 0.3) is 0 Å². The van der Waals surface area contributed by atoms with Gasteiger partial charge in [-0.3, -0.25) is 9.48 Å². The van der Waals surface area contributed by atoms with Crippen molar-refractivity contribution in [2.75, 3.05) is 19.7 Å². The average Bonchev–Trinajstić information content (AvgIpc) is 3.22. The Morgan fingerprint density at radius 1 is 1.40 bits per heavy atom. The second kappa shape index (κ2) is 8.87. The first-order valence-electron chi connectivity index (χ1n) is 8.36. The molecule has 1 fully saturated rings. The monoisotopic (exact) mass is 364 g/mol. The third-order valence-corrected chi connectivity index (χ3v) is 4.43. The summed E-state index contributed by atoms with van der Waals surface area (Å²) in [6, 6.07) is 7.81. The first kappa shape index (κ1) is 19.3. The molecule has 2 N–H and O–H groups in total. The molecule has 0 spiro atoms. The van der Waals surface area contributed by atoms with Crippen LogP contribution >= 0.6 is 12.4 Å². The molecular weight excluding hydrogens is 340 g/mol. The molecule has 1 saturated heterocycles. The maximum absolute atomic E-state index is 12.7. The summed E-state index contributed by atoms with van der Waals surface area (Å²) in [7, 11) is 1.89. The van der Waals surface area contributed by atoms with Gasteiger partial charge >= 0.3 is 0 Å². The van der Waals surface area contributed by atoms with Gasteiger partial charge in [0.2, 0.25) is 5.91 Å². The highest BCUT2D eigenvalue weighted by molar-refractivity contribution is 5.85. The zero-order valence-electron chi connectivity index (χ0n) is 14.6. The van der Waals surface area contributed by atoms with Crippen LogP contribution in [-0.2, 0) is 18.4 Å². The van der Waals surface area contributed by atoms with Crippen LogP contribution in [0.15, 0.2) is 36.7 Å². The quantitative estimate of drug-likeness (QED) is 0.821. The third-order valence-electron chi connectivity index (χ3n) is 4.43. The van der Waals surface area contributed by atoms with E-state index in [-0.39, 0.29) is 30.2 Å². The largest absolute Gasteiger partial charge is 0.494 e. The molecule has 2 aromatic rings. The second-order valence-electron chi connectivity index (χ2n) is 6.08. The van der Waals surface area contributed by atoms with Crippen LogP contribution in [0, 0.1) is 5.92 Å². The summed E-state index contributed by atoms with van der Waals surface area (Å²) >= 11 is 0. The summed E-state index contributed by atoms with van der Waals surface area (Å²) in [6.45, 7) is 4.54. The molecule has 0 unspecified atom stereocenters. The SMILES string of the molecule is CCOc1ccccc1CNC(=O)[C@H]1CNC[C@@H]1c1cnn(C)c1.Cl. The van der Waals surface area contributed by atoms with Gasteiger partial charge in [-0.25, -0.2) is 0 Å².